The molecule has 2 aromatic carbocycles. The van der Waals surface area contributed by atoms with Crippen LogP contribution in [0.3, 0.4) is 0 Å². The van der Waals surface area contributed by atoms with Crippen LogP contribution in [0.4, 0.5) is 20.6 Å². The van der Waals surface area contributed by atoms with Gasteiger partial charge in [-0.3, -0.25) is 9.89 Å². The minimum Gasteiger partial charge on any atom is -0.443 e. The van der Waals surface area contributed by atoms with Crippen molar-refractivity contribution in [1.82, 2.24) is 0 Å². The summed E-state index contributed by atoms with van der Waals surface area (Å²) in [6.45, 7) is 2.76. The van der Waals surface area contributed by atoms with Crippen molar-refractivity contribution >= 4 is 45.4 Å². The molecule has 1 amide bonds. The van der Waals surface area contributed by atoms with Crippen molar-refractivity contribution in [2.75, 3.05) is 40.9 Å². The number of carbonyl (C=O) groups is 1. The second-order valence-corrected chi connectivity index (χ2v) is 9.85. The van der Waals surface area contributed by atoms with Crippen LogP contribution in [0.25, 0.3) is 0 Å². The molecule has 30 heavy (non-hydrogen) atoms. The van der Waals surface area contributed by atoms with Crippen LogP contribution in [0.2, 0.25) is 0 Å². The van der Waals surface area contributed by atoms with Gasteiger partial charge in [0.25, 0.3) is 0 Å². The standard InChI is InChI=1S/C22H22FN3O2S2/c23-19-11-17(26-13-18(28-22(26)27)14-30-21-24-8-10-29-21)5-6-20(19)25-9-7-15-3-1-2-4-16(15)12-25/h1-6,11,18H,7-10,12-14H2/t18-/m0/s1. The van der Waals surface area contributed by atoms with Gasteiger partial charge in [0.15, 0.2) is 0 Å². The molecule has 3 aliphatic rings. The number of hydrogen-bond donors (Lipinski definition) is 0. The lowest BCUT2D eigenvalue weighted by molar-refractivity contribution is 0.151. The van der Waals surface area contributed by atoms with Crippen molar-refractivity contribution in [2.24, 2.45) is 4.99 Å². The molecule has 0 N–H and O–H groups in total. The molecule has 5 rings (SSSR count). The Kier molecular flexibility index (Phi) is 5.60. The summed E-state index contributed by atoms with van der Waals surface area (Å²) < 4.78 is 21.5. The Morgan fingerprint density at radius 1 is 1.23 bits per heavy atom. The fraction of sp³-hybridized carbons (Fsp3) is 0.364. The van der Waals surface area contributed by atoms with Crippen molar-refractivity contribution in [1.29, 1.82) is 0 Å². The molecule has 0 unspecified atom stereocenters. The highest BCUT2D eigenvalue weighted by molar-refractivity contribution is 8.39. The van der Waals surface area contributed by atoms with E-state index in [1.807, 2.05) is 18.2 Å². The summed E-state index contributed by atoms with van der Waals surface area (Å²) in [5.74, 6) is 1.38. The first kappa shape index (κ1) is 19.8. The average molecular weight is 444 g/mol. The Bertz CT molecular complexity index is 1000. The monoisotopic (exact) mass is 443 g/mol. The van der Waals surface area contributed by atoms with Gasteiger partial charge in [0, 0.05) is 24.6 Å². The van der Waals surface area contributed by atoms with E-state index in [1.165, 1.54) is 22.1 Å². The summed E-state index contributed by atoms with van der Waals surface area (Å²) in [7, 11) is 0. The van der Waals surface area contributed by atoms with Crippen molar-refractivity contribution in [3.05, 3.63) is 59.4 Å². The van der Waals surface area contributed by atoms with Crippen LogP contribution in [0.15, 0.2) is 47.5 Å². The minimum absolute atomic E-state index is 0.215. The number of hydrogen-bond acceptors (Lipinski definition) is 6. The van der Waals surface area contributed by atoms with Gasteiger partial charge in [-0.05, 0) is 35.7 Å². The molecule has 8 heteroatoms. The van der Waals surface area contributed by atoms with Gasteiger partial charge in [-0.1, -0.05) is 47.8 Å². The van der Waals surface area contributed by atoms with Gasteiger partial charge < -0.3 is 9.64 Å². The minimum atomic E-state index is -0.416. The lowest BCUT2D eigenvalue weighted by Crippen LogP contribution is -2.31. The zero-order valence-electron chi connectivity index (χ0n) is 16.4. The first-order valence-corrected chi connectivity index (χ1v) is 12.0. The van der Waals surface area contributed by atoms with E-state index in [2.05, 4.69) is 22.0 Å². The summed E-state index contributed by atoms with van der Waals surface area (Å²) in [4.78, 5) is 20.3. The number of cyclic esters (lactones) is 1. The van der Waals surface area contributed by atoms with Crippen LogP contribution < -0.4 is 9.80 Å². The van der Waals surface area contributed by atoms with Gasteiger partial charge in [-0.15, -0.1) is 0 Å². The van der Waals surface area contributed by atoms with Crippen LogP contribution >= 0.6 is 23.5 Å². The quantitative estimate of drug-likeness (QED) is 0.694. The lowest BCUT2D eigenvalue weighted by Gasteiger charge is -2.31. The second kappa shape index (κ2) is 8.51. The van der Waals surface area contributed by atoms with Crippen molar-refractivity contribution < 1.29 is 13.9 Å². The number of halogens is 1. The molecule has 0 aliphatic carbocycles. The Morgan fingerprint density at radius 2 is 2.10 bits per heavy atom. The van der Waals surface area contributed by atoms with Gasteiger partial charge in [0.1, 0.15) is 16.3 Å². The highest BCUT2D eigenvalue weighted by atomic mass is 32.2. The summed E-state index contributed by atoms with van der Waals surface area (Å²) in [5.41, 5.74) is 3.68. The zero-order chi connectivity index (χ0) is 20.5. The number of anilines is 2. The van der Waals surface area contributed by atoms with Crippen LogP contribution in [0.5, 0.6) is 0 Å². The third kappa shape index (κ3) is 4.03. The number of rotatable bonds is 4. The summed E-state index contributed by atoms with van der Waals surface area (Å²) in [6, 6.07) is 13.3. The van der Waals surface area contributed by atoms with Crippen LogP contribution in [0, 0.1) is 5.82 Å². The molecule has 1 atom stereocenters. The van der Waals surface area contributed by atoms with Gasteiger partial charge >= 0.3 is 6.09 Å². The third-order valence-corrected chi connectivity index (χ3v) is 7.92. The van der Waals surface area contributed by atoms with E-state index >= 15 is 0 Å². The normalized spacial score (nSPS) is 20.9. The number of amides is 1. The smallest absolute Gasteiger partial charge is 0.414 e. The first-order chi connectivity index (χ1) is 14.7. The molecule has 0 aromatic heterocycles. The highest BCUT2D eigenvalue weighted by Gasteiger charge is 2.33. The first-order valence-electron chi connectivity index (χ1n) is 10.1. The maximum absolute atomic E-state index is 15.0. The SMILES string of the molecule is O=C1O[C@H](CSC2=NCCS2)CN1c1ccc(N2CCc3ccccc3C2)c(F)c1. The van der Waals surface area contributed by atoms with Crippen LogP contribution in [-0.2, 0) is 17.7 Å². The Hall–Kier alpha value is -2.19. The lowest BCUT2D eigenvalue weighted by atomic mass is 9.99. The predicted molar refractivity (Wildman–Crippen MR) is 122 cm³/mol. The topological polar surface area (TPSA) is 45.1 Å². The molecular weight excluding hydrogens is 421 g/mol. The second-order valence-electron chi connectivity index (χ2n) is 7.50. The molecule has 156 valence electrons. The molecule has 1 fully saturated rings. The van der Waals surface area contributed by atoms with E-state index in [0.717, 1.165) is 29.6 Å². The Labute approximate surface area is 183 Å². The number of carbonyl (C=O) groups excluding carboxylic acids is 1. The maximum atomic E-state index is 15.0. The number of fused-ring (bicyclic) bond motifs is 1. The zero-order valence-corrected chi connectivity index (χ0v) is 18.1. The van der Waals surface area contributed by atoms with E-state index in [9.17, 15) is 9.18 Å². The van der Waals surface area contributed by atoms with Crippen LogP contribution in [0.1, 0.15) is 11.1 Å². The van der Waals surface area contributed by atoms with E-state index < -0.39 is 6.09 Å². The Morgan fingerprint density at radius 3 is 2.90 bits per heavy atom. The van der Waals surface area contributed by atoms with E-state index in [1.54, 1.807) is 29.6 Å². The molecule has 3 aliphatic heterocycles. The molecular formula is C22H22FN3O2S2. The van der Waals surface area contributed by atoms with Gasteiger partial charge in [-0.25, -0.2) is 9.18 Å². The predicted octanol–water partition coefficient (Wildman–Crippen LogP) is 4.55. The molecule has 1 saturated heterocycles. The molecule has 0 radical (unpaired) electrons. The number of thioether (sulfide) groups is 2. The van der Waals surface area contributed by atoms with E-state index in [0.29, 0.717) is 30.2 Å². The number of nitrogens with zero attached hydrogens (tertiary/aromatic N) is 3. The van der Waals surface area contributed by atoms with E-state index in [-0.39, 0.29) is 11.9 Å². The summed E-state index contributed by atoms with van der Waals surface area (Å²) >= 11 is 3.37. The molecule has 3 heterocycles. The largest absolute Gasteiger partial charge is 0.443 e. The molecule has 0 saturated carbocycles. The molecule has 0 spiro atoms. The number of benzene rings is 2. The average Bonchev–Trinajstić information content (AvgIpc) is 3.41. The maximum Gasteiger partial charge on any atom is 0.414 e. The van der Waals surface area contributed by atoms with Gasteiger partial charge in [-0.2, -0.15) is 0 Å². The van der Waals surface area contributed by atoms with Gasteiger partial charge in [0.05, 0.1) is 24.5 Å². The third-order valence-electron chi connectivity index (χ3n) is 5.54. The van der Waals surface area contributed by atoms with Gasteiger partial charge in [0.2, 0.25) is 0 Å². The number of ether oxygens (including phenoxy) is 1. The van der Waals surface area contributed by atoms with Crippen molar-refractivity contribution in [3.63, 3.8) is 0 Å². The highest BCUT2D eigenvalue weighted by Crippen LogP contribution is 2.32. The van der Waals surface area contributed by atoms with Crippen molar-refractivity contribution in [3.8, 4) is 0 Å². The summed E-state index contributed by atoms with van der Waals surface area (Å²) in [5, 5.41) is 0. The van der Waals surface area contributed by atoms with E-state index in [4.69, 9.17) is 4.74 Å². The van der Waals surface area contributed by atoms with Crippen LogP contribution in [-0.4, -0.2) is 47.7 Å². The van der Waals surface area contributed by atoms with Crippen molar-refractivity contribution in [2.45, 2.75) is 19.1 Å². The molecule has 2 aromatic rings. The fourth-order valence-corrected chi connectivity index (χ4v) is 6.02. The molecule has 0 bridgehead atoms. The fourth-order valence-electron chi connectivity index (χ4n) is 4.01. The Balaban J connectivity index is 1.26. The molecule has 5 nitrogen and oxygen atoms in total. The number of aliphatic imine (C=N–C) groups is 1. The summed E-state index contributed by atoms with van der Waals surface area (Å²) in [6.07, 6.45) is 0.270.